The van der Waals surface area contributed by atoms with Gasteiger partial charge in [-0.25, -0.2) is 9.78 Å². The summed E-state index contributed by atoms with van der Waals surface area (Å²) in [6.07, 6.45) is -3.52. The molecule has 5 rings (SSSR count). The number of hydrogen-bond donors (Lipinski definition) is 5. The molecule has 3 aromatic rings. The van der Waals surface area contributed by atoms with Gasteiger partial charge in [0.25, 0.3) is 0 Å². The summed E-state index contributed by atoms with van der Waals surface area (Å²) in [7, 11) is 2.90. The summed E-state index contributed by atoms with van der Waals surface area (Å²) in [5.74, 6) is 0.163. The first kappa shape index (κ1) is 29.0. The van der Waals surface area contributed by atoms with Gasteiger partial charge in [-0.2, -0.15) is 15.0 Å². The first-order valence-corrected chi connectivity index (χ1v) is 12.7. The van der Waals surface area contributed by atoms with E-state index in [0.29, 0.717) is 11.2 Å². The van der Waals surface area contributed by atoms with Gasteiger partial charge in [0.2, 0.25) is 5.95 Å². The Kier molecular flexibility index (Phi) is 8.61. The minimum Gasteiger partial charge on any atom is -0.394 e. The topological polar surface area (TPSA) is 252 Å². The molecule has 0 radical (unpaired) electrons. The van der Waals surface area contributed by atoms with E-state index >= 15 is 0 Å². The van der Waals surface area contributed by atoms with Crippen LogP contribution in [-0.2, 0) is 28.4 Å². The molecule has 8 unspecified atom stereocenters. The largest absolute Gasteiger partial charge is 0.394 e. The SMILES string of the molecule is COC1C(OCCOCC2OC(n3cnc4c(N)nc(N)nc43)C(OC)C2O)C(CO)OC1n1ccc(N)nc1=O. The molecule has 3 aromatic heterocycles. The molecule has 8 N–H and O–H groups in total. The maximum absolute atomic E-state index is 12.3. The Hall–Kier alpha value is -3.49. The maximum Gasteiger partial charge on any atom is 0.351 e. The van der Waals surface area contributed by atoms with Crippen molar-refractivity contribution in [3.05, 3.63) is 29.1 Å². The van der Waals surface area contributed by atoms with Gasteiger partial charge in [0.1, 0.15) is 48.0 Å². The van der Waals surface area contributed by atoms with Gasteiger partial charge in [0.05, 0.1) is 32.8 Å². The zero-order chi connectivity index (χ0) is 29.3. The van der Waals surface area contributed by atoms with Crippen molar-refractivity contribution in [3.63, 3.8) is 0 Å². The van der Waals surface area contributed by atoms with Crippen LogP contribution in [0.3, 0.4) is 0 Å². The number of nitrogen functional groups attached to an aromatic ring is 3. The molecule has 18 heteroatoms. The van der Waals surface area contributed by atoms with Gasteiger partial charge in [-0.05, 0) is 6.07 Å². The smallest absolute Gasteiger partial charge is 0.351 e. The monoisotopic (exact) mass is 579 g/mol. The third-order valence-electron chi connectivity index (χ3n) is 7.01. The van der Waals surface area contributed by atoms with Crippen molar-refractivity contribution in [3.8, 4) is 0 Å². The van der Waals surface area contributed by atoms with Crippen molar-refractivity contribution in [2.24, 2.45) is 0 Å². The van der Waals surface area contributed by atoms with Gasteiger partial charge in [-0.3, -0.25) is 9.13 Å². The quantitative estimate of drug-likeness (QED) is 0.146. The van der Waals surface area contributed by atoms with E-state index in [1.807, 2.05) is 0 Å². The Morgan fingerprint density at radius 1 is 0.976 bits per heavy atom. The summed E-state index contributed by atoms with van der Waals surface area (Å²) < 4.78 is 37.4. The van der Waals surface area contributed by atoms with Crippen LogP contribution in [0.5, 0.6) is 0 Å². The van der Waals surface area contributed by atoms with Crippen LogP contribution in [0.15, 0.2) is 23.4 Å². The van der Waals surface area contributed by atoms with Crippen molar-refractivity contribution in [1.82, 2.24) is 29.1 Å². The van der Waals surface area contributed by atoms with Crippen LogP contribution in [0.1, 0.15) is 12.5 Å². The normalized spacial score (nSPS) is 30.0. The highest BCUT2D eigenvalue weighted by Gasteiger charge is 2.48. The number of rotatable bonds is 11. The third kappa shape index (κ3) is 5.55. The van der Waals surface area contributed by atoms with Crippen molar-refractivity contribution in [2.75, 3.05) is 57.8 Å². The molecule has 0 saturated carbocycles. The number of ether oxygens (including phenoxy) is 6. The van der Waals surface area contributed by atoms with Crippen molar-refractivity contribution >= 4 is 28.7 Å². The van der Waals surface area contributed by atoms with Crippen LogP contribution in [0.25, 0.3) is 11.2 Å². The highest BCUT2D eigenvalue weighted by Crippen LogP contribution is 2.35. The number of fused-ring (bicyclic) bond motifs is 1. The molecule has 5 heterocycles. The van der Waals surface area contributed by atoms with Crippen molar-refractivity contribution < 1.29 is 38.6 Å². The number of anilines is 3. The second-order valence-electron chi connectivity index (χ2n) is 9.45. The Bertz CT molecular complexity index is 1400. The lowest BCUT2D eigenvalue weighted by atomic mass is 10.1. The van der Waals surface area contributed by atoms with Gasteiger partial charge in [0.15, 0.2) is 23.9 Å². The highest BCUT2D eigenvalue weighted by atomic mass is 16.6. The lowest BCUT2D eigenvalue weighted by Gasteiger charge is -2.23. The van der Waals surface area contributed by atoms with E-state index in [4.69, 9.17) is 45.6 Å². The lowest BCUT2D eigenvalue weighted by Crippen LogP contribution is -2.40. The zero-order valence-corrected chi connectivity index (χ0v) is 22.3. The van der Waals surface area contributed by atoms with Crippen LogP contribution in [0.4, 0.5) is 17.6 Å². The Labute approximate surface area is 232 Å². The molecule has 0 bridgehead atoms. The van der Waals surface area contributed by atoms with Crippen LogP contribution in [0, 0.1) is 0 Å². The van der Waals surface area contributed by atoms with Crippen LogP contribution in [0.2, 0.25) is 0 Å². The fourth-order valence-electron chi connectivity index (χ4n) is 5.07. The summed E-state index contributed by atoms with van der Waals surface area (Å²) >= 11 is 0. The Morgan fingerprint density at radius 2 is 1.71 bits per heavy atom. The molecule has 18 nitrogen and oxygen atoms in total. The molecule has 224 valence electrons. The van der Waals surface area contributed by atoms with E-state index in [9.17, 15) is 15.0 Å². The number of aliphatic hydroxyl groups is 2. The van der Waals surface area contributed by atoms with E-state index in [0.717, 1.165) is 0 Å². The molecule has 0 spiro atoms. The molecular weight excluding hydrogens is 546 g/mol. The minimum atomic E-state index is -1.03. The molecule has 8 atom stereocenters. The maximum atomic E-state index is 12.3. The fourth-order valence-corrected chi connectivity index (χ4v) is 5.07. The minimum absolute atomic E-state index is 0.0141. The number of hydrogen-bond acceptors (Lipinski definition) is 16. The first-order chi connectivity index (χ1) is 19.8. The number of aliphatic hydroxyl groups excluding tert-OH is 2. The van der Waals surface area contributed by atoms with E-state index in [-0.39, 0.29) is 44.0 Å². The number of nitrogens with two attached hydrogens (primary N) is 3. The number of methoxy groups -OCH3 is 2. The summed E-state index contributed by atoms with van der Waals surface area (Å²) in [5, 5.41) is 20.7. The second kappa shape index (κ2) is 12.2. The molecule has 2 saturated heterocycles. The predicted molar refractivity (Wildman–Crippen MR) is 140 cm³/mol. The highest BCUT2D eigenvalue weighted by molar-refractivity contribution is 5.82. The summed E-state index contributed by atoms with van der Waals surface area (Å²) in [6, 6.07) is 1.46. The third-order valence-corrected chi connectivity index (χ3v) is 7.01. The molecular formula is C23H33N9O9. The Morgan fingerprint density at radius 3 is 2.41 bits per heavy atom. The number of nitrogens with zero attached hydrogens (tertiary/aromatic N) is 6. The van der Waals surface area contributed by atoms with Crippen LogP contribution < -0.4 is 22.9 Å². The average molecular weight is 580 g/mol. The predicted octanol–water partition coefficient (Wildman–Crippen LogP) is -2.59. The fraction of sp³-hybridized carbons (Fsp3) is 0.609. The summed E-state index contributed by atoms with van der Waals surface area (Å²) in [5.41, 5.74) is 17.3. The molecule has 0 amide bonds. The second-order valence-corrected chi connectivity index (χ2v) is 9.45. The first-order valence-electron chi connectivity index (χ1n) is 12.7. The van der Waals surface area contributed by atoms with Gasteiger partial charge < -0.3 is 55.8 Å². The molecule has 2 fully saturated rings. The molecule has 41 heavy (non-hydrogen) atoms. The summed E-state index contributed by atoms with van der Waals surface area (Å²) in [6.45, 7) is -0.151. The van der Waals surface area contributed by atoms with Crippen LogP contribution in [-0.4, -0.2) is 117 Å². The van der Waals surface area contributed by atoms with Gasteiger partial charge in [-0.15, -0.1) is 0 Å². The van der Waals surface area contributed by atoms with E-state index < -0.39 is 54.8 Å². The van der Waals surface area contributed by atoms with E-state index in [1.165, 1.54) is 37.4 Å². The van der Waals surface area contributed by atoms with Gasteiger partial charge >= 0.3 is 5.69 Å². The van der Waals surface area contributed by atoms with E-state index in [2.05, 4.69) is 19.9 Å². The van der Waals surface area contributed by atoms with Crippen molar-refractivity contribution in [2.45, 2.75) is 49.1 Å². The van der Waals surface area contributed by atoms with E-state index in [1.54, 1.807) is 4.57 Å². The number of aromatic nitrogens is 6. The average Bonchev–Trinajstić information content (AvgIpc) is 3.61. The lowest BCUT2D eigenvalue weighted by molar-refractivity contribution is -0.0944. The van der Waals surface area contributed by atoms with Gasteiger partial charge in [-0.1, -0.05) is 0 Å². The zero-order valence-electron chi connectivity index (χ0n) is 22.3. The van der Waals surface area contributed by atoms with Crippen molar-refractivity contribution in [1.29, 1.82) is 0 Å². The summed E-state index contributed by atoms with van der Waals surface area (Å²) in [4.78, 5) is 28.4. The number of imidazole rings is 1. The molecule has 0 aromatic carbocycles. The molecule has 2 aliphatic rings. The standard InChI is InChI=1S/C23H33N9O9/c1-36-16-14(34)11(41-20(16)32-9-27-13-18(25)29-22(26)30-19(13)32)8-38-5-6-39-15-10(7-33)40-21(17(15)37-2)31-4-3-12(24)28-23(31)35/h3-4,9-11,14-17,20-21,33-34H,5-8H2,1-2H3,(H2,24,28,35)(H4,25,26,29,30). The van der Waals surface area contributed by atoms with Crippen LogP contribution >= 0.6 is 0 Å². The van der Waals surface area contributed by atoms with Gasteiger partial charge in [0, 0.05) is 20.4 Å². The molecule has 2 aliphatic heterocycles. The Balaban J connectivity index is 1.18. The molecule has 0 aliphatic carbocycles.